The van der Waals surface area contributed by atoms with E-state index in [1.807, 2.05) is 19.9 Å². The second-order valence-corrected chi connectivity index (χ2v) is 4.77. The molecule has 4 heteroatoms. The number of carboxylic acid groups (broad SMARTS) is 1. The maximum atomic E-state index is 12.9. The Balaban J connectivity index is 2.25. The predicted octanol–water partition coefficient (Wildman–Crippen LogP) is 4.01. The van der Waals surface area contributed by atoms with Crippen LogP contribution >= 0.6 is 0 Å². The number of carbonyl (C=O) groups is 1. The summed E-state index contributed by atoms with van der Waals surface area (Å²) in [7, 11) is 0. The van der Waals surface area contributed by atoms with Crippen molar-refractivity contribution in [3.63, 3.8) is 0 Å². The molecule has 2 aromatic rings. The zero-order chi connectivity index (χ0) is 14.7. The summed E-state index contributed by atoms with van der Waals surface area (Å²) in [5, 5.41) is 12.4. The van der Waals surface area contributed by atoms with Gasteiger partial charge in [0.2, 0.25) is 0 Å². The van der Waals surface area contributed by atoms with Crippen LogP contribution in [0.2, 0.25) is 0 Å². The van der Waals surface area contributed by atoms with E-state index in [-0.39, 0.29) is 17.4 Å². The molecule has 0 aliphatic rings. The van der Waals surface area contributed by atoms with Gasteiger partial charge in [-0.15, -0.1) is 0 Å². The van der Waals surface area contributed by atoms with E-state index in [2.05, 4.69) is 5.32 Å². The lowest BCUT2D eigenvalue weighted by molar-refractivity contribution is 0.0698. The van der Waals surface area contributed by atoms with Gasteiger partial charge >= 0.3 is 5.97 Å². The van der Waals surface area contributed by atoms with Crippen molar-refractivity contribution in [3.8, 4) is 0 Å². The van der Waals surface area contributed by atoms with Gasteiger partial charge in [-0.3, -0.25) is 0 Å². The summed E-state index contributed by atoms with van der Waals surface area (Å²) in [5.41, 5.74) is 2.57. The summed E-state index contributed by atoms with van der Waals surface area (Å²) in [5.74, 6) is -1.26. The smallest absolute Gasteiger partial charge is 0.337 e. The van der Waals surface area contributed by atoms with Crippen molar-refractivity contribution in [2.24, 2.45) is 0 Å². The first-order chi connectivity index (χ1) is 9.47. The molecule has 1 unspecified atom stereocenters. The third-order valence-corrected chi connectivity index (χ3v) is 3.15. The fourth-order valence-electron chi connectivity index (χ4n) is 2.03. The van der Waals surface area contributed by atoms with Crippen molar-refractivity contribution < 1.29 is 14.3 Å². The first kappa shape index (κ1) is 14.1. The van der Waals surface area contributed by atoms with Gasteiger partial charge in [-0.1, -0.05) is 23.8 Å². The van der Waals surface area contributed by atoms with Gasteiger partial charge in [-0.05, 0) is 43.7 Å². The lowest BCUT2D eigenvalue weighted by atomic mass is 10.1. The van der Waals surface area contributed by atoms with Crippen molar-refractivity contribution in [3.05, 3.63) is 65.0 Å². The second kappa shape index (κ2) is 5.74. The van der Waals surface area contributed by atoms with Crippen molar-refractivity contribution in [1.82, 2.24) is 0 Å². The normalized spacial score (nSPS) is 11.9. The Bertz CT molecular complexity index is 623. The molecular weight excluding hydrogens is 257 g/mol. The van der Waals surface area contributed by atoms with E-state index in [0.29, 0.717) is 5.69 Å². The number of hydrogen-bond acceptors (Lipinski definition) is 2. The van der Waals surface area contributed by atoms with Crippen LogP contribution in [0.5, 0.6) is 0 Å². The van der Waals surface area contributed by atoms with E-state index in [1.165, 1.54) is 12.1 Å². The number of aryl methyl sites for hydroxylation is 1. The van der Waals surface area contributed by atoms with E-state index >= 15 is 0 Å². The molecule has 0 aromatic heterocycles. The monoisotopic (exact) mass is 273 g/mol. The van der Waals surface area contributed by atoms with Crippen molar-refractivity contribution >= 4 is 11.7 Å². The molecule has 0 saturated heterocycles. The van der Waals surface area contributed by atoms with Crippen molar-refractivity contribution in [1.29, 1.82) is 0 Å². The van der Waals surface area contributed by atoms with Crippen LogP contribution in [0.15, 0.2) is 42.5 Å². The minimum atomic E-state index is -0.970. The number of nitrogens with one attached hydrogen (secondary N) is 1. The standard InChI is InChI=1S/C16H16FNO2/c1-10-3-8-15(14(9-10)16(19)20)18-11(2)12-4-6-13(17)7-5-12/h3-9,11,18H,1-2H3,(H,19,20). The predicted molar refractivity (Wildman–Crippen MR) is 76.6 cm³/mol. The molecule has 3 nitrogen and oxygen atoms in total. The van der Waals surface area contributed by atoms with Crippen molar-refractivity contribution in [2.45, 2.75) is 19.9 Å². The summed E-state index contributed by atoms with van der Waals surface area (Å²) in [6.07, 6.45) is 0. The minimum Gasteiger partial charge on any atom is -0.478 e. The Morgan fingerprint density at radius 1 is 1.20 bits per heavy atom. The summed E-state index contributed by atoms with van der Waals surface area (Å²) >= 11 is 0. The fraction of sp³-hybridized carbons (Fsp3) is 0.188. The summed E-state index contributed by atoms with van der Waals surface area (Å²) < 4.78 is 12.9. The highest BCUT2D eigenvalue weighted by Crippen LogP contribution is 2.23. The van der Waals surface area contributed by atoms with Crippen LogP contribution < -0.4 is 5.32 Å². The van der Waals surface area contributed by atoms with E-state index in [0.717, 1.165) is 11.1 Å². The number of benzene rings is 2. The Morgan fingerprint density at radius 3 is 2.45 bits per heavy atom. The van der Waals surface area contributed by atoms with E-state index in [1.54, 1.807) is 24.3 Å². The molecule has 104 valence electrons. The van der Waals surface area contributed by atoms with Gasteiger partial charge in [0.1, 0.15) is 5.82 Å². The summed E-state index contributed by atoms with van der Waals surface area (Å²) in [6, 6.07) is 11.3. The molecule has 0 bridgehead atoms. The molecule has 2 N–H and O–H groups in total. The number of anilines is 1. The van der Waals surface area contributed by atoms with Gasteiger partial charge in [0, 0.05) is 11.7 Å². The van der Waals surface area contributed by atoms with Gasteiger partial charge in [-0.2, -0.15) is 0 Å². The fourth-order valence-corrected chi connectivity index (χ4v) is 2.03. The average Bonchev–Trinajstić information content (AvgIpc) is 2.41. The Kier molecular flexibility index (Phi) is 4.03. The summed E-state index contributed by atoms with van der Waals surface area (Å²) in [6.45, 7) is 3.75. The molecule has 0 spiro atoms. The van der Waals surface area contributed by atoms with Crippen LogP contribution in [0.4, 0.5) is 10.1 Å². The molecule has 0 amide bonds. The number of halogens is 1. The third-order valence-electron chi connectivity index (χ3n) is 3.15. The van der Waals surface area contributed by atoms with Gasteiger partial charge in [0.25, 0.3) is 0 Å². The highest BCUT2D eigenvalue weighted by Gasteiger charge is 2.13. The Labute approximate surface area is 117 Å². The van der Waals surface area contributed by atoms with E-state index in [4.69, 9.17) is 0 Å². The molecule has 2 aromatic carbocycles. The maximum absolute atomic E-state index is 12.9. The largest absolute Gasteiger partial charge is 0.478 e. The number of carboxylic acids is 1. The molecule has 0 aliphatic carbocycles. The molecular formula is C16H16FNO2. The summed E-state index contributed by atoms with van der Waals surface area (Å²) in [4.78, 5) is 11.2. The van der Waals surface area contributed by atoms with Crippen LogP contribution in [0.3, 0.4) is 0 Å². The molecule has 0 radical (unpaired) electrons. The molecule has 0 saturated carbocycles. The van der Waals surface area contributed by atoms with Crippen LogP contribution in [0, 0.1) is 12.7 Å². The number of aromatic carboxylic acids is 1. The van der Waals surface area contributed by atoms with Gasteiger partial charge < -0.3 is 10.4 Å². The molecule has 2 rings (SSSR count). The third kappa shape index (κ3) is 3.15. The topological polar surface area (TPSA) is 49.3 Å². The van der Waals surface area contributed by atoms with Gasteiger partial charge in [0.15, 0.2) is 0 Å². The SMILES string of the molecule is Cc1ccc(NC(C)c2ccc(F)cc2)c(C(=O)O)c1. The van der Waals surface area contributed by atoms with Crippen LogP contribution in [0.25, 0.3) is 0 Å². The maximum Gasteiger partial charge on any atom is 0.337 e. The highest BCUT2D eigenvalue weighted by molar-refractivity contribution is 5.94. The highest BCUT2D eigenvalue weighted by atomic mass is 19.1. The first-order valence-corrected chi connectivity index (χ1v) is 6.33. The zero-order valence-corrected chi connectivity index (χ0v) is 11.4. The quantitative estimate of drug-likeness (QED) is 0.885. The Hall–Kier alpha value is -2.36. The number of rotatable bonds is 4. The minimum absolute atomic E-state index is 0.114. The van der Waals surface area contributed by atoms with Crippen LogP contribution in [0.1, 0.15) is 34.5 Å². The van der Waals surface area contributed by atoms with Gasteiger partial charge in [-0.25, -0.2) is 9.18 Å². The lowest BCUT2D eigenvalue weighted by Gasteiger charge is -2.17. The molecule has 0 fully saturated rings. The average molecular weight is 273 g/mol. The second-order valence-electron chi connectivity index (χ2n) is 4.77. The molecule has 1 atom stereocenters. The van der Waals surface area contributed by atoms with E-state index < -0.39 is 5.97 Å². The first-order valence-electron chi connectivity index (χ1n) is 6.33. The Morgan fingerprint density at radius 2 is 1.85 bits per heavy atom. The molecule has 20 heavy (non-hydrogen) atoms. The number of hydrogen-bond donors (Lipinski definition) is 2. The van der Waals surface area contributed by atoms with E-state index in [9.17, 15) is 14.3 Å². The molecule has 0 heterocycles. The molecule has 0 aliphatic heterocycles. The van der Waals surface area contributed by atoms with Gasteiger partial charge in [0.05, 0.1) is 5.56 Å². The van der Waals surface area contributed by atoms with Crippen LogP contribution in [-0.2, 0) is 0 Å². The lowest BCUT2D eigenvalue weighted by Crippen LogP contribution is -2.11. The van der Waals surface area contributed by atoms with Crippen molar-refractivity contribution in [2.75, 3.05) is 5.32 Å². The zero-order valence-electron chi connectivity index (χ0n) is 11.4. The van der Waals surface area contributed by atoms with Crippen LogP contribution in [-0.4, -0.2) is 11.1 Å².